The van der Waals surface area contributed by atoms with Crippen molar-refractivity contribution in [1.29, 1.82) is 0 Å². The zero-order valence-corrected chi connectivity index (χ0v) is 11.9. The van der Waals surface area contributed by atoms with Gasteiger partial charge in [-0.3, -0.25) is 9.59 Å². The third kappa shape index (κ3) is 3.91. The van der Waals surface area contributed by atoms with E-state index in [4.69, 9.17) is 9.47 Å². The van der Waals surface area contributed by atoms with E-state index in [9.17, 15) is 9.59 Å². The number of rotatable bonds is 4. The van der Waals surface area contributed by atoms with E-state index in [1.807, 2.05) is 0 Å². The Hall–Kier alpha value is -1.18. The summed E-state index contributed by atoms with van der Waals surface area (Å²) in [4.78, 5) is 25.5. The molecule has 1 atom stereocenters. The van der Waals surface area contributed by atoms with Crippen LogP contribution in [0.15, 0.2) is 0 Å². The molecule has 0 aromatic heterocycles. The molecule has 0 aliphatic carbocycles. The van der Waals surface area contributed by atoms with E-state index in [1.54, 1.807) is 11.9 Å². The van der Waals surface area contributed by atoms with Crippen molar-refractivity contribution < 1.29 is 19.1 Å². The second kappa shape index (κ2) is 7.56. The molecule has 2 heterocycles. The van der Waals surface area contributed by atoms with Gasteiger partial charge in [0, 0.05) is 13.6 Å². The highest BCUT2D eigenvalue weighted by atomic mass is 16.5. The minimum atomic E-state index is -0.544. The fourth-order valence-electron chi connectivity index (χ4n) is 2.52. The lowest BCUT2D eigenvalue weighted by Crippen LogP contribution is -2.56. The number of hydrogen-bond donors (Lipinski definition) is 2. The summed E-state index contributed by atoms with van der Waals surface area (Å²) < 4.78 is 10.9. The van der Waals surface area contributed by atoms with Crippen molar-refractivity contribution in [3.05, 3.63) is 0 Å². The quantitative estimate of drug-likeness (QED) is 0.673. The van der Waals surface area contributed by atoms with Crippen LogP contribution in [0.5, 0.6) is 0 Å². The average molecular weight is 285 g/mol. The Morgan fingerprint density at radius 1 is 1.40 bits per heavy atom. The molecule has 114 valence electrons. The summed E-state index contributed by atoms with van der Waals surface area (Å²) >= 11 is 0. The van der Waals surface area contributed by atoms with E-state index in [2.05, 4.69) is 10.6 Å². The summed E-state index contributed by atoms with van der Waals surface area (Å²) in [5, 5.41) is 5.81. The van der Waals surface area contributed by atoms with E-state index < -0.39 is 6.04 Å². The molecule has 1 unspecified atom stereocenters. The molecular weight excluding hydrogens is 262 g/mol. The van der Waals surface area contributed by atoms with Crippen molar-refractivity contribution in [1.82, 2.24) is 15.5 Å². The number of morpholine rings is 1. The molecule has 0 aromatic rings. The SMILES string of the molecule is CNC(=O)C1COCCN1C(=O)COC1CCNCC1. The first-order valence-electron chi connectivity index (χ1n) is 7.13. The van der Waals surface area contributed by atoms with Gasteiger partial charge in [0.1, 0.15) is 12.6 Å². The smallest absolute Gasteiger partial charge is 0.249 e. The third-order valence-electron chi connectivity index (χ3n) is 3.73. The standard InChI is InChI=1S/C13H23N3O4/c1-14-13(18)11-8-19-7-6-16(11)12(17)9-20-10-2-4-15-5-3-10/h10-11,15H,2-9H2,1H3,(H,14,18). The van der Waals surface area contributed by atoms with Crippen molar-refractivity contribution >= 4 is 11.8 Å². The van der Waals surface area contributed by atoms with Crippen molar-refractivity contribution in [3.8, 4) is 0 Å². The number of nitrogens with one attached hydrogen (secondary N) is 2. The highest BCUT2D eigenvalue weighted by Crippen LogP contribution is 2.11. The van der Waals surface area contributed by atoms with Gasteiger partial charge in [-0.25, -0.2) is 0 Å². The van der Waals surface area contributed by atoms with Crippen molar-refractivity contribution in [3.63, 3.8) is 0 Å². The Bertz CT molecular complexity index is 345. The van der Waals surface area contributed by atoms with Gasteiger partial charge < -0.3 is 25.0 Å². The number of carbonyl (C=O) groups excluding carboxylic acids is 2. The van der Waals surface area contributed by atoms with Gasteiger partial charge in [0.25, 0.3) is 0 Å². The highest BCUT2D eigenvalue weighted by molar-refractivity contribution is 5.88. The number of nitrogens with zero attached hydrogens (tertiary/aromatic N) is 1. The molecule has 2 N–H and O–H groups in total. The largest absolute Gasteiger partial charge is 0.377 e. The van der Waals surface area contributed by atoms with E-state index in [0.29, 0.717) is 13.2 Å². The normalized spacial score (nSPS) is 24.4. The Morgan fingerprint density at radius 3 is 2.85 bits per heavy atom. The first-order valence-corrected chi connectivity index (χ1v) is 7.13. The summed E-state index contributed by atoms with van der Waals surface area (Å²) in [6.45, 7) is 3.05. The van der Waals surface area contributed by atoms with Crippen LogP contribution in [-0.2, 0) is 19.1 Å². The van der Waals surface area contributed by atoms with Crippen molar-refractivity contribution in [2.24, 2.45) is 0 Å². The van der Waals surface area contributed by atoms with Crippen molar-refractivity contribution in [2.75, 3.05) is 46.5 Å². The van der Waals surface area contributed by atoms with Gasteiger partial charge in [-0.15, -0.1) is 0 Å². The molecule has 0 spiro atoms. The van der Waals surface area contributed by atoms with Gasteiger partial charge >= 0.3 is 0 Å². The molecule has 2 amide bonds. The van der Waals surface area contributed by atoms with Gasteiger partial charge in [0.05, 0.1) is 19.3 Å². The molecule has 0 bridgehead atoms. The summed E-state index contributed by atoms with van der Waals surface area (Å²) in [7, 11) is 1.56. The second-order valence-corrected chi connectivity index (χ2v) is 5.05. The Kier molecular flexibility index (Phi) is 5.75. The van der Waals surface area contributed by atoms with Gasteiger partial charge in [-0.2, -0.15) is 0 Å². The number of ether oxygens (including phenoxy) is 2. The molecule has 2 aliphatic rings. The van der Waals surface area contributed by atoms with Crippen LogP contribution in [0.3, 0.4) is 0 Å². The molecule has 0 aromatic carbocycles. The zero-order chi connectivity index (χ0) is 14.4. The van der Waals surface area contributed by atoms with Crippen LogP contribution in [-0.4, -0.2) is 75.4 Å². The van der Waals surface area contributed by atoms with Crippen LogP contribution in [0, 0.1) is 0 Å². The maximum Gasteiger partial charge on any atom is 0.249 e. The maximum absolute atomic E-state index is 12.2. The van der Waals surface area contributed by atoms with Crippen LogP contribution < -0.4 is 10.6 Å². The second-order valence-electron chi connectivity index (χ2n) is 5.05. The minimum Gasteiger partial charge on any atom is -0.377 e. The van der Waals surface area contributed by atoms with E-state index >= 15 is 0 Å². The molecule has 2 fully saturated rings. The lowest BCUT2D eigenvalue weighted by atomic mass is 10.1. The lowest BCUT2D eigenvalue weighted by molar-refractivity contribution is -0.153. The average Bonchev–Trinajstić information content (AvgIpc) is 2.52. The molecule has 20 heavy (non-hydrogen) atoms. The fraction of sp³-hybridized carbons (Fsp3) is 0.846. The van der Waals surface area contributed by atoms with Gasteiger partial charge in [-0.1, -0.05) is 0 Å². The van der Waals surface area contributed by atoms with Gasteiger partial charge in [0.15, 0.2) is 0 Å². The molecule has 0 saturated carbocycles. The first kappa shape index (κ1) is 15.2. The first-order chi connectivity index (χ1) is 9.72. The van der Waals surface area contributed by atoms with E-state index in [0.717, 1.165) is 25.9 Å². The van der Waals surface area contributed by atoms with Crippen LogP contribution in [0.25, 0.3) is 0 Å². The number of likely N-dealkylation sites (N-methyl/N-ethyl adjacent to an activating group) is 1. The topological polar surface area (TPSA) is 79.9 Å². The molecular formula is C13H23N3O4. The number of piperidine rings is 1. The van der Waals surface area contributed by atoms with Crippen molar-refractivity contribution in [2.45, 2.75) is 25.0 Å². The Morgan fingerprint density at radius 2 is 2.15 bits per heavy atom. The summed E-state index contributed by atoms with van der Waals surface area (Å²) in [6.07, 6.45) is 1.99. The molecule has 2 aliphatic heterocycles. The highest BCUT2D eigenvalue weighted by Gasteiger charge is 2.32. The van der Waals surface area contributed by atoms with E-state index in [1.165, 1.54) is 0 Å². The molecule has 2 saturated heterocycles. The summed E-state index contributed by atoms with van der Waals surface area (Å²) in [6, 6.07) is -0.544. The summed E-state index contributed by atoms with van der Waals surface area (Å²) in [5.41, 5.74) is 0. The third-order valence-corrected chi connectivity index (χ3v) is 3.73. The number of amides is 2. The Balaban J connectivity index is 1.83. The lowest BCUT2D eigenvalue weighted by Gasteiger charge is -2.34. The maximum atomic E-state index is 12.2. The minimum absolute atomic E-state index is 0.0398. The van der Waals surface area contributed by atoms with Crippen LogP contribution in [0.4, 0.5) is 0 Å². The molecule has 7 heteroatoms. The van der Waals surface area contributed by atoms with Gasteiger partial charge in [-0.05, 0) is 25.9 Å². The van der Waals surface area contributed by atoms with Crippen LogP contribution in [0.1, 0.15) is 12.8 Å². The monoisotopic (exact) mass is 285 g/mol. The number of carbonyl (C=O) groups is 2. The van der Waals surface area contributed by atoms with Crippen LogP contribution in [0.2, 0.25) is 0 Å². The number of hydrogen-bond acceptors (Lipinski definition) is 5. The molecule has 0 radical (unpaired) electrons. The summed E-state index contributed by atoms with van der Waals surface area (Å²) in [5.74, 6) is -0.333. The fourth-order valence-corrected chi connectivity index (χ4v) is 2.52. The zero-order valence-electron chi connectivity index (χ0n) is 11.9. The van der Waals surface area contributed by atoms with E-state index in [-0.39, 0.29) is 31.1 Å². The van der Waals surface area contributed by atoms with Gasteiger partial charge in [0.2, 0.25) is 11.8 Å². The predicted octanol–water partition coefficient (Wildman–Crippen LogP) is -1.27. The Labute approximate surface area is 119 Å². The predicted molar refractivity (Wildman–Crippen MR) is 72.2 cm³/mol. The van der Waals surface area contributed by atoms with Crippen LogP contribution >= 0.6 is 0 Å². The molecule has 7 nitrogen and oxygen atoms in total. The molecule has 2 rings (SSSR count).